The summed E-state index contributed by atoms with van der Waals surface area (Å²) in [5, 5.41) is 5.54. The van der Waals surface area contributed by atoms with E-state index in [1.807, 2.05) is 0 Å². The Bertz CT molecular complexity index is 318. The summed E-state index contributed by atoms with van der Waals surface area (Å²) in [6, 6.07) is 0. The lowest BCUT2D eigenvalue weighted by atomic mass is 9.89. The third-order valence-corrected chi connectivity index (χ3v) is 2.92. The van der Waals surface area contributed by atoms with E-state index >= 15 is 0 Å². The predicted molar refractivity (Wildman–Crippen MR) is 57.5 cm³/mol. The highest BCUT2D eigenvalue weighted by Gasteiger charge is 2.44. The number of hydrogen-bond acceptors (Lipinski definition) is 6. The maximum Gasteiger partial charge on any atom is 0.356 e. The second-order valence-electron chi connectivity index (χ2n) is 4.28. The topological polar surface area (TPSA) is 77.2 Å². The lowest BCUT2D eigenvalue weighted by Crippen LogP contribution is -2.51. The number of nitrogens with zero attached hydrogens (tertiary/aromatic N) is 2. The third kappa shape index (κ3) is 2.17. The molecule has 1 saturated heterocycles. The molecular formula is C10H17N3O3. The Morgan fingerprint density at radius 3 is 3.25 bits per heavy atom. The van der Waals surface area contributed by atoms with E-state index in [4.69, 9.17) is 15.4 Å². The monoisotopic (exact) mass is 227 g/mol. The highest BCUT2D eigenvalue weighted by atomic mass is 16.7. The molecule has 6 heteroatoms. The molecule has 6 nitrogen and oxygen atoms in total. The number of rotatable bonds is 2. The van der Waals surface area contributed by atoms with Gasteiger partial charge in [-0.1, -0.05) is 5.16 Å². The van der Waals surface area contributed by atoms with Crippen molar-refractivity contribution in [3.8, 4) is 0 Å². The van der Waals surface area contributed by atoms with Crippen LogP contribution in [0, 0.1) is 0 Å². The van der Waals surface area contributed by atoms with Crippen LogP contribution in [0.3, 0.4) is 0 Å². The number of esters is 1. The van der Waals surface area contributed by atoms with E-state index in [2.05, 4.69) is 5.16 Å². The molecule has 0 aromatic heterocycles. The first-order chi connectivity index (χ1) is 7.65. The van der Waals surface area contributed by atoms with Gasteiger partial charge in [0.25, 0.3) is 0 Å². The van der Waals surface area contributed by atoms with Gasteiger partial charge in [0.1, 0.15) is 0 Å². The normalized spacial score (nSPS) is 30.0. The molecule has 0 radical (unpaired) electrons. The summed E-state index contributed by atoms with van der Waals surface area (Å²) in [5.74, 6) is 5.37. The van der Waals surface area contributed by atoms with Crippen molar-refractivity contribution >= 4 is 11.7 Å². The van der Waals surface area contributed by atoms with Crippen molar-refractivity contribution < 1.29 is 14.4 Å². The van der Waals surface area contributed by atoms with Crippen LogP contribution in [0.5, 0.6) is 0 Å². The molecule has 2 aliphatic heterocycles. The Morgan fingerprint density at radius 1 is 1.75 bits per heavy atom. The zero-order valence-corrected chi connectivity index (χ0v) is 9.44. The van der Waals surface area contributed by atoms with Crippen LogP contribution in [0.15, 0.2) is 5.16 Å². The van der Waals surface area contributed by atoms with Gasteiger partial charge >= 0.3 is 5.97 Å². The predicted octanol–water partition coefficient (Wildman–Crippen LogP) is 0.0341. The van der Waals surface area contributed by atoms with Crippen molar-refractivity contribution in [3.63, 3.8) is 0 Å². The Morgan fingerprint density at radius 2 is 2.56 bits per heavy atom. The first-order valence-electron chi connectivity index (χ1n) is 5.57. The number of carbonyl (C=O) groups is 1. The maximum absolute atomic E-state index is 11.5. The summed E-state index contributed by atoms with van der Waals surface area (Å²) in [6.45, 7) is 3.60. The zero-order chi connectivity index (χ0) is 11.6. The lowest BCUT2D eigenvalue weighted by molar-refractivity contribution is -0.135. The van der Waals surface area contributed by atoms with E-state index in [1.54, 1.807) is 11.9 Å². The average molecular weight is 227 g/mol. The molecule has 2 N–H and O–H groups in total. The number of piperidine rings is 1. The molecule has 2 rings (SSSR count). The third-order valence-electron chi connectivity index (χ3n) is 2.92. The molecule has 0 aliphatic carbocycles. The van der Waals surface area contributed by atoms with Gasteiger partial charge in [0.2, 0.25) is 0 Å². The van der Waals surface area contributed by atoms with Gasteiger partial charge < -0.3 is 9.57 Å². The van der Waals surface area contributed by atoms with Crippen LogP contribution in [-0.4, -0.2) is 42.0 Å². The van der Waals surface area contributed by atoms with Crippen LogP contribution >= 0.6 is 0 Å². The molecule has 0 amide bonds. The second kappa shape index (κ2) is 4.39. The van der Waals surface area contributed by atoms with E-state index in [1.165, 1.54) is 0 Å². The zero-order valence-electron chi connectivity index (χ0n) is 9.44. The fourth-order valence-electron chi connectivity index (χ4n) is 2.20. The maximum atomic E-state index is 11.5. The first kappa shape index (κ1) is 11.3. The Balaban J connectivity index is 1.96. The molecule has 0 aromatic rings. The van der Waals surface area contributed by atoms with Crippen molar-refractivity contribution in [2.45, 2.75) is 31.8 Å². The molecule has 1 unspecified atom stereocenters. The molecule has 0 bridgehead atoms. The molecule has 0 saturated carbocycles. The smallest absolute Gasteiger partial charge is 0.356 e. The van der Waals surface area contributed by atoms with Crippen molar-refractivity contribution in [2.75, 3.05) is 19.7 Å². The number of hydrazine groups is 1. The van der Waals surface area contributed by atoms with Crippen LogP contribution in [0.25, 0.3) is 0 Å². The molecule has 1 fully saturated rings. The van der Waals surface area contributed by atoms with Crippen LogP contribution in [-0.2, 0) is 14.4 Å². The van der Waals surface area contributed by atoms with E-state index in [0.29, 0.717) is 25.3 Å². The average Bonchev–Trinajstić information content (AvgIpc) is 2.62. The van der Waals surface area contributed by atoms with Crippen LogP contribution in [0.1, 0.15) is 26.2 Å². The van der Waals surface area contributed by atoms with Crippen molar-refractivity contribution in [2.24, 2.45) is 11.0 Å². The van der Waals surface area contributed by atoms with Crippen LogP contribution < -0.4 is 5.84 Å². The van der Waals surface area contributed by atoms with Gasteiger partial charge in [-0.25, -0.2) is 9.80 Å². The minimum Gasteiger partial charge on any atom is -0.461 e. The first-order valence-corrected chi connectivity index (χ1v) is 5.57. The molecule has 16 heavy (non-hydrogen) atoms. The standard InChI is InChI=1S/C10H17N3O3/c1-2-15-9(14)8-6-10(16-12-8)4-3-5-13(11)7-10/h2-7,11H2,1H3. The number of ether oxygens (including phenoxy) is 1. The van der Waals surface area contributed by atoms with Gasteiger partial charge in [-0.15, -0.1) is 0 Å². The van der Waals surface area contributed by atoms with Gasteiger partial charge in [0.05, 0.1) is 13.2 Å². The summed E-state index contributed by atoms with van der Waals surface area (Å²) in [5.41, 5.74) is -0.0353. The summed E-state index contributed by atoms with van der Waals surface area (Å²) in [6.07, 6.45) is 2.34. The van der Waals surface area contributed by atoms with E-state index in [9.17, 15) is 4.79 Å². The van der Waals surface area contributed by atoms with E-state index in [0.717, 1.165) is 19.4 Å². The highest BCUT2D eigenvalue weighted by Crippen LogP contribution is 2.32. The van der Waals surface area contributed by atoms with Gasteiger partial charge in [-0.2, -0.15) is 0 Å². The largest absolute Gasteiger partial charge is 0.461 e. The Hall–Kier alpha value is -1.14. The molecular weight excluding hydrogens is 210 g/mol. The fourth-order valence-corrected chi connectivity index (χ4v) is 2.20. The molecule has 2 aliphatic rings. The summed E-state index contributed by atoms with van der Waals surface area (Å²) < 4.78 is 4.89. The summed E-state index contributed by atoms with van der Waals surface area (Å²) in [7, 11) is 0. The van der Waals surface area contributed by atoms with Crippen LogP contribution in [0.4, 0.5) is 0 Å². The Kier molecular flexibility index (Phi) is 3.11. The van der Waals surface area contributed by atoms with E-state index in [-0.39, 0.29) is 5.97 Å². The van der Waals surface area contributed by atoms with Crippen LogP contribution in [0.2, 0.25) is 0 Å². The minimum absolute atomic E-state index is 0.355. The SMILES string of the molecule is CCOC(=O)C1=NOC2(CCCN(N)C2)C1. The minimum atomic E-state index is -0.408. The molecule has 2 heterocycles. The molecule has 0 aromatic carbocycles. The molecule has 1 spiro atoms. The van der Waals surface area contributed by atoms with Gasteiger partial charge in [-0.3, -0.25) is 5.84 Å². The number of carbonyl (C=O) groups excluding carboxylic acids is 1. The van der Waals surface area contributed by atoms with Crippen molar-refractivity contribution in [1.82, 2.24) is 5.01 Å². The summed E-state index contributed by atoms with van der Waals surface area (Å²) in [4.78, 5) is 16.9. The second-order valence-corrected chi connectivity index (χ2v) is 4.28. The van der Waals surface area contributed by atoms with Gasteiger partial charge in [0.15, 0.2) is 11.3 Å². The summed E-state index contributed by atoms with van der Waals surface area (Å²) >= 11 is 0. The number of oxime groups is 1. The number of hydrogen-bond donors (Lipinski definition) is 1. The number of nitrogens with two attached hydrogens (primary N) is 1. The Labute approximate surface area is 94.3 Å². The van der Waals surface area contributed by atoms with Gasteiger partial charge in [-0.05, 0) is 19.8 Å². The lowest BCUT2D eigenvalue weighted by Gasteiger charge is -2.35. The quantitative estimate of drug-likeness (QED) is 0.532. The van der Waals surface area contributed by atoms with Gasteiger partial charge in [0, 0.05) is 13.0 Å². The van der Waals surface area contributed by atoms with Crippen molar-refractivity contribution in [1.29, 1.82) is 0 Å². The molecule has 90 valence electrons. The molecule has 1 atom stereocenters. The fraction of sp³-hybridized carbons (Fsp3) is 0.800. The van der Waals surface area contributed by atoms with E-state index < -0.39 is 5.60 Å². The highest BCUT2D eigenvalue weighted by molar-refractivity contribution is 6.36. The van der Waals surface area contributed by atoms with Crippen molar-refractivity contribution in [3.05, 3.63) is 0 Å².